The van der Waals surface area contributed by atoms with Crippen molar-refractivity contribution in [2.75, 3.05) is 11.9 Å². The molecule has 0 fully saturated rings. The van der Waals surface area contributed by atoms with Gasteiger partial charge < -0.3 is 10.1 Å². The Balaban J connectivity index is 1.54. The van der Waals surface area contributed by atoms with Gasteiger partial charge in [0.25, 0.3) is 5.91 Å². The predicted molar refractivity (Wildman–Crippen MR) is 116 cm³/mol. The maximum atomic E-state index is 12.2. The van der Waals surface area contributed by atoms with Crippen LogP contribution in [0, 0.1) is 6.92 Å². The van der Waals surface area contributed by atoms with Crippen LogP contribution < -0.4 is 5.32 Å². The van der Waals surface area contributed by atoms with E-state index in [0.717, 1.165) is 16.1 Å². The SMILES string of the molecule is Cc1ccc(-c2nc(C(=O)OCC(=O)Nc3ccc(C(C)(C)C)cc3)cs2)cc1. The Morgan fingerprint density at radius 1 is 1.03 bits per heavy atom. The Morgan fingerprint density at radius 3 is 2.31 bits per heavy atom. The number of esters is 1. The number of aryl methyl sites for hydroxylation is 1. The zero-order valence-corrected chi connectivity index (χ0v) is 17.8. The van der Waals surface area contributed by atoms with Gasteiger partial charge >= 0.3 is 5.97 Å². The van der Waals surface area contributed by atoms with E-state index in [1.807, 2.05) is 55.5 Å². The molecule has 0 bridgehead atoms. The van der Waals surface area contributed by atoms with Gasteiger partial charge in [-0.15, -0.1) is 11.3 Å². The summed E-state index contributed by atoms with van der Waals surface area (Å²) >= 11 is 1.36. The molecule has 0 radical (unpaired) electrons. The predicted octanol–water partition coefficient (Wildman–Crippen LogP) is 5.21. The van der Waals surface area contributed by atoms with Crippen LogP contribution in [-0.2, 0) is 14.9 Å². The summed E-state index contributed by atoms with van der Waals surface area (Å²) in [7, 11) is 0. The zero-order valence-electron chi connectivity index (χ0n) is 17.0. The van der Waals surface area contributed by atoms with Gasteiger partial charge in [-0.05, 0) is 30.0 Å². The highest BCUT2D eigenvalue weighted by atomic mass is 32.1. The number of nitrogens with one attached hydrogen (secondary N) is 1. The molecule has 1 amide bonds. The normalized spacial score (nSPS) is 11.2. The van der Waals surface area contributed by atoms with Crippen LogP contribution in [0.4, 0.5) is 5.69 Å². The average molecular weight is 409 g/mol. The standard InChI is InChI=1S/C23H24N2O3S/c1-15-5-7-16(8-6-15)21-25-19(14-29-21)22(27)28-13-20(26)24-18-11-9-17(10-12-18)23(2,3)4/h5-12,14H,13H2,1-4H3,(H,24,26). The number of nitrogens with zero attached hydrogens (tertiary/aromatic N) is 1. The summed E-state index contributed by atoms with van der Waals surface area (Å²) in [6, 6.07) is 15.5. The summed E-state index contributed by atoms with van der Waals surface area (Å²) in [5.74, 6) is -1.01. The molecule has 1 heterocycles. The highest BCUT2D eigenvalue weighted by Crippen LogP contribution is 2.25. The number of anilines is 1. The van der Waals surface area contributed by atoms with E-state index in [9.17, 15) is 9.59 Å². The lowest BCUT2D eigenvalue weighted by molar-refractivity contribution is -0.119. The zero-order chi connectivity index (χ0) is 21.0. The largest absolute Gasteiger partial charge is 0.451 e. The van der Waals surface area contributed by atoms with E-state index in [-0.39, 0.29) is 17.7 Å². The summed E-state index contributed by atoms with van der Waals surface area (Å²) in [6.45, 7) is 8.03. The van der Waals surface area contributed by atoms with Crippen molar-refractivity contribution in [1.29, 1.82) is 0 Å². The van der Waals surface area contributed by atoms with E-state index in [4.69, 9.17) is 4.74 Å². The third-order valence-corrected chi connectivity index (χ3v) is 5.27. The van der Waals surface area contributed by atoms with Gasteiger partial charge in [0.15, 0.2) is 12.3 Å². The highest BCUT2D eigenvalue weighted by Gasteiger charge is 2.16. The molecular formula is C23H24N2O3S. The molecule has 0 unspecified atom stereocenters. The summed E-state index contributed by atoms with van der Waals surface area (Å²) in [5.41, 5.74) is 4.18. The molecule has 5 nitrogen and oxygen atoms in total. The molecule has 29 heavy (non-hydrogen) atoms. The minimum absolute atomic E-state index is 0.0447. The van der Waals surface area contributed by atoms with Crippen molar-refractivity contribution in [3.63, 3.8) is 0 Å². The van der Waals surface area contributed by atoms with Crippen molar-refractivity contribution in [3.05, 3.63) is 70.7 Å². The van der Waals surface area contributed by atoms with Gasteiger partial charge in [0, 0.05) is 16.6 Å². The molecule has 0 atom stereocenters. The Labute approximate surface area is 174 Å². The lowest BCUT2D eigenvalue weighted by Crippen LogP contribution is -2.21. The molecular weight excluding hydrogens is 384 g/mol. The van der Waals surface area contributed by atoms with Crippen LogP contribution in [0.15, 0.2) is 53.9 Å². The van der Waals surface area contributed by atoms with Crippen molar-refractivity contribution >= 4 is 28.9 Å². The first-order valence-electron chi connectivity index (χ1n) is 9.32. The van der Waals surface area contributed by atoms with Gasteiger partial charge in [0.1, 0.15) is 5.01 Å². The molecule has 1 aromatic heterocycles. The number of ether oxygens (including phenoxy) is 1. The van der Waals surface area contributed by atoms with Crippen molar-refractivity contribution < 1.29 is 14.3 Å². The van der Waals surface area contributed by atoms with Gasteiger partial charge in [0.05, 0.1) is 0 Å². The molecule has 6 heteroatoms. The van der Waals surface area contributed by atoms with Crippen LogP contribution in [0.5, 0.6) is 0 Å². The lowest BCUT2D eigenvalue weighted by Gasteiger charge is -2.19. The molecule has 0 saturated carbocycles. The number of aromatic nitrogens is 1. The number of benzene rings is 2. The molecule has 3 rings (SSSR count). The van der Waals surface area contributed by atoms with Crippen molar-refractivity contribution in [1.82, 2.24) is 4.98 Å². The molecule has 2 aromatic carbocycles. The Kier molecular flexibility index (Phi) is 6.13. The molecule has 1 N–H and O–H groups in total. The van der Waals surface area contributed by atoms with E-state index in [1.165, 1.54) is 16.9 Å². The first-order valence-corrected chi connectivity index (χ1v) is 10.2. The van der Waals surface area contributed by atoms with Crippen LogP contribution in [-0.4, -0.2) is 23.5 Å². The minimum atomic E-state index is -0.613. The Hall–Kier alpha value is -2.99. The molecule has 0 spiro atoms. The van der Waals surface area contributed by atoms with Crippen molar-refractivity contribution in [2.24, 2.45) is 0 Å². The van der Waals surface area contributed by atoms with Gasteiger partial charge in [-0.1, -0.05) is 62.7 Å². The number of carbonyl (C=O) groups excluding carboxylic acids is 2. The van der Waals surface area contributed by atoms with E-state index >= 15 is 0 Å². The third kappa shape index (κ3) is 5.51. The van der Waals surface area contributed by atoms with Crippen LogP contribution in [0.25, 0.3) is 10.6 Å². The number of amides is 1. The minimum Gasteiger partial charge on any atom is -0.451 e. The first kappa shape index (κ1) is 20.7. The van der Waals surface area contributed by atoms with Crippen molar-refractivity contribution in [2.45, 2.75) is 33.1 Å². The maximum Gasteiger partial charge on any atom is 0.358 e. The number of hydrogen-bond acceptors (Lipinski definition) is 5. The monoisotopic (exact) mass is 408 g/mol. The fraction of sp³-hybridized carbons (Fsp3) is 0.261. The van der Waals surface area contributed by atoms with E-state index in [0.29, 0.717) is 5.69 Å². The highest BCUT2D eigenvalue weighted by molar-refractivity contribution is 7.13. The van der Waals surface area contributed by atoms with Gasteiger partial charge in [-0.3, -0.25) is 4.79 Å². The van der Waals surface area contributed by atoms with E-state index in [2.05, 4.69) is 31.1 Å². The van der Waals surface area contributed by atoms with E-state index < -0.39 is 11.9 Å². The fourth-order valence-corrected chi connectivity index (χ4v) is 3.45. The molecule has 0 aliphatic heterocycles. The Morgan fingerprint density at radius 2 is 1.69 bits per heavy atom. The number of hydrogen-bond donors (Lipinski definition) is 1. The summed E-state index contributed by atoms with van der Waals surface area (Å²) in [5, 5.41) is 5.11. The summed E-state index contributed by atoms with van der Waals surface area (Å²) in [4.78, 5) is 28.6. The van der Waals surface area contributed by atoms with E-state index in [1.54, 1.807) is 5.38 Å². The first-order chi connectivity index (χ1) is 13.7. The second kappa shape index (κ2) is 8.57. The fourth-order valence-electron chi connectivity index (χ4n) is 2.65. The summed E-state index contributed by atoms with van der Waals surface area (Å²) in [6.07, 6.45) is 0. The molecule has 150 valence electrons. The molecule has 0 aliphatic rings. The number of thiazole rings is 1. The topological polar surface area (TPSA) is 68.3 Å². The van der Waals surface area contributed by atoms with Crippen LogP contribution in [0.3, 0.4) is 0 Å². The maximum absolute atomic E-state index is 12.2. The number of carbonyl (C=O) groups is 2. The smallest absolute Gasteiger partial charge is 0.358 e. The third-order valence-electron chi connectivity index (χ3n) is 4.38. The second-order valence-electron chi connectivity index (χ2n) is 7.86. The number of rotatable bonds is 5. The van der Waals surface area contributed by atoms with Gasteiger partial charge in [0.2, 0.25) is 0 Å². The quantitative estimate of drug-likeness (QED) is 0.588. The van der Waals surface area contributed by atoms with Crippen LogP contribution in [0.1, 0.15) is 42.4 Å². The molecule has 3 aromatic rings. The second-order valence-corrected chi connectivity index (χ2v) is 8.71. The van der Waals surface area contributed by atoms with Crippen LogP contribution in [0.2, 0.25) is 0 Å². The molecule has 0 saturated heterocycles. The average Bonchev–Trinajstić information content (AvgIpc) is 3.17. The summed E-state index contributed by atoms with van der Waals surface area (Å²) < 4.78 is 5.10. The lowest BCUT2D eigenvalue weighted by atomic mass is 9.87. The molecule has 0 aliphatic carbocycles. The van der Waals surface area contributed by atoms with Crippen molar-refractivity contribution in [3.8, 4) is 10.6 Å². The Bertz CT molecular complexity index is 1000. The van der Waals surface area contributed by atoms with Gasteiger partial charge in [-0.25, -0.2) is 9.78 Å². The van der Waals surface area contributed by atoms with Gasteiger partial charge in [-0.2, -0.15) is 0 Å². The van der Waals surface area contributed by atoms with Crippen LogP contribution >= 0.6 is 11.3 Å².